The minimum Gasteiger partial charge on any atom is -0.356 e. The number of carbonyl (C=O) groups is 1. The average Bonchev–Trinajstić information content (AvgIpc) is 2.14. The SMILES string of the molecule is CC1CC[C@@H](C(C)C)C(=O)NC1. The van der Waals surface area contributed by atoms with Gasteiger partial charge in [0.25, 0.3) is 0 Å². The standard InChI is InChI=1S/C10H19NO/c1-7(2)9-5-4-8(3)6-11-10(9)12/h7-9H,4-6H2,1-3H3,(H,11,12)/t8?,9-/m0/s1. The summed E-state index contributed by atoms with van der Waals surface area (Å²) in [4.78, 5) is 11.5. The summed E-state index contributed by atoms with van der Waals surface area (Å²) in [5.74, 6) is 1.64. The molecule has 1 rings (SSSR count). The lowest BCUT2D eigenvalue weighted by Crippen LogP contribution is -2.32. The van der Waals surface area contributed by atoms with E-state index in [1.807, 2.05) is 0 Å². The maximum atomic E-state index is 11.5. The van der Waals surface area contributed by atoms with E-state index < -0.39 is 0 Å². The van der Waals surface area contributed by atoms with Crippen molar-refractivity contribution in [1.82, 2.24) is 5.32 Å². The number of hydrogen-bond acceptors (Lipinski definition) is 1. The van der Waals surface area contributed by atoms with Gasteiger partial charge in [0.1, 0.15) is 0 Å². The van der Waals surface area contributed by atoms with E-state index in [-0.39, 0.29) is 11.8 Å². The summed E-state index contributed by atoms with van der Waals surface area (Å²) in [7, 11) is 0. The Morgan fingerprint density at radius 1 is 1.42 bits per heavy atom. The Labute approximate surface area is 74.7 Å². The van der Waals surface area contributed by atoms with Crippen LogP contribution >= 0.6 is 0 Å². The Kier molecular flexibility index (Phi) is 3.12. The van der Waals surface area contributed by atoms with Crippen LogP contribution in [0.25, 0.3) is 0 Å². The first-order valence-corrected chi connectivity index (χ1v) is 4.89. The van der Waals surface area contributed by atoms with Crippen molar-refractivity contribution in [3.05, 3.63) is 0 Å². The largest absolute Gasteiger partial charge is 0.356 e. The van der Waals surface area contributed by atoms with Crippen LogP contribution in [0.1, 0.15) is 33.6 Å². The van der Waals surface area contributed by atoms with Gasteiger partial charge in [-0.2, -0.15) is 0 Å². The third-order valence-electron chi connectivity index (χ3n) is 2.74. The number of amides is 1. The van der Waals surface area contributed by atoms with Gasteiger partial charge in [-0.15, -0.1) is 0 Å². The van der Waals surface area contributed by atoms with Crippen molar-refractivity contribution in [2.24, 2.45) is 17.8 Å². The predicted octanol–water partition coefficient (Wildman–Crippen LogP) is 1.80. The van der Waals surface area contributed by atoms with E-state index in [9.17, 15) is 4.79 Å². The highest BCUT2D eigenvalue weighted by Crippen LogP contribution is 2.22. The van der Waals surface area contributed by atoms with Crippen molar-refractivity contribution in [1.29, 1.82) is 0 Å². The van der Waals surface area contributed by atoms with Crippen LogP contribution in [0, 0.1) is 17.8 Å². The fraction of sp³-hybridized carbons (Fsp3) is 0.900. The third-order valence-corrected chi connectivity index (χ3v) is 2.74. The molecule has 1 aliphatic rings. The highest BCUT2D eigenvalue weighted by Gasteiger charge is 2.25. The summed E-state index contributed by atoms with van der Waals surface area (Å²) >= 11 is 0. The Bertz CT molecular complexity index is 165. The topological polar surface area (TPSA) is 29.1 Å². The Balaban J connectivity index is 2.56. The second kappa shape index (κ2) is 3.92. The molecule has 1 N–H and O–H groups in total. The predicted molar refractivity (Wildman–Crippen MR) is 49.7 cm³/mol. The zero-order valence-corrected chi connectivity index (χ0v) is 8.26. The molecule has 0 spiro atoms. The van der Waals surface area contributed by atoms with E-state index in [1.54, 1.807) is 0 Å². The van der Waals surface area contributed by atoms with E-state index in [2.05, 4.69) is 26.1 Å². The third kappa shape index (κ3) is 2.23. The molecule has 0 saturated carbocycles. The first-order chi connectivity index (χ1) is 5.61. The zero-order valence-electron chi connectivity index (χ0n) is 8.26. The van der Waals surface area contributed by atoms with Crippen molar-refractivity contribution in [2.45, 2.75) is 33.6 Å². The maximum Gasteiger partial charge on any atom is 0.223 e. The maximum absolute atomic E-state index is 11.5. The Morgan fingerprint density at radius 3 is 2.67 bits per heavy atom. The molecule has 1 aliphatic heterocycles. The Morgan fingerprint density at radius 2 is 2.08 bits per heavy atom. The monoisotopic (exact) mass is 169 g/mol. The van der Waals surface area contributed by atoms with Gasteiger partial charge in [-0.05, 0) is 24.7 Å². The molecule has 0 aromatic carbocycles. The van der Waals surface area contributed by atoms with Gasteiger partial charge in [0.05, 0.1) is 0 Å². The zero-order chi connectivity index (χ0) is 9.14. The van der Waals surface area contributed by atoms with E-state index >= 15 is 0 Å². The summed E-state index contributed by atoms with van der Waals surface area (Å²) in [6, 6.07) is 0. The minimum absolute atomic E-state index is 0.245. The molecule has 2 heteroatoms. The van der Waals surface area contributed by atoms with Crippen molar-refractivity contribution in [3.8, 4) is 0 Å². The van der Waals surface area contributed by atoms with E-state index in [1.165, 1.54) is 6.42 Å². The van der Waals surface area contributed by atoms with Crippen LogP contribution in [-0.4, -0.2) is 12.5 Å². The summed E-state index contributed by atoms with van der Waals surface area (Å²) in [5, 5.41) is 2.99. The smallest absolute Gasteiger partial charge is 0.223 e. The number of rotatable bonds is 1. The van der Waals surface area contributed by atoms with Gasteiger partial charge in [0.2, 0.25) is 5.91 Å². The van der Waals surface area contributed by atoms with Crippen LogP contribution in [-0.2, 0) is 4.79 Å². The summed E-state index contributed by atoms with van der Waals surface area (Å²) in [6.07, 6.45) is 2.24. The van der Waals surface area contributed by atoms with Crippen LogP contribution in [0.2, 0.25) is 0 Å². The Hall–Kier alpha value is -0.530. The van der Waals surface area contributed by atoms with Gasteiger partial charge in [0, 0.05) is 12.5 Å². The number of nitrogens with one attached hydrogen (secondary N) is 1. The first kappa shape index (κ1) is 9.56. The highest BCUT2D eigenvalue weighted by molar-refractivity contribution is 5.79. The molecular formula is C10H19NO. The van der Waals surface area contributed by atoms with Gasteiger partial charge >= 0.3 is 0 Å². The quantitative estimate of drug-likeness (QED) is 0.637. The molecule has 1 unspecified atom stereocenters. The number of hydrogen-bond donors (Lipinski definition) is 1. The molecule has 1 saturated heterocycles. The molecule has 2 atom stereocenters. The van der Waals surface area contributed by atoms with Crippen molar-refractivity contribution >= 4 is 5.91 Å². The van der Waals surface area contributed by atoms with Crippen LogP contribution < -0.4 is 5.32 Å². The lowest BCUT2D eigenvalue weighted by atomic mass is 9.89. The van der Waals surface area contributed by atoms with Crippen LogP contribution in [0.3, 0.4) is 0 Å². The molecule has 1 heterocycles. The van der Waals surface area contributed by atoms with Gasteiger partial charge in [-0.3, -0.25) is 4.79 Å². The molecule has 1 fully saturated rings. The average molecular weight is 169 g/mol. The fourth-order valence-electron chi connectivity index (χ4n) is 1.74. The lowest BCUT2D eigenvalue weighted by Gasteiger charge is -2.16. The van der Waals surface area contributed by atoms with E-state index in [0.29, 0.717) is 11.8 Å². The second-order valence-electron chi connectivity index (χ2n) is 4.28. The van der Waals surface area contributed by atoms with Crippen LogP contribution in [0.5, 0.6) is 0 Å². The van der Waals surface area contributed by atoms with Crippen molar-refractivity contribution < 1.29 is 4.79 Å². The van der Waals surface area contributed by atoms with Crippen molar-refractivity contribution in [3.63, 3.8) is 0 Å². The van der Waals surface area contributed by atoms with Crippen LogP contribution in [0.15, 0.2) is 0 Å². The molecule has 12 heavy (non-hydrogen) atoms. The van der Waals surface area contributed by atoms with E-state index in [0.717, 1.165) is 13.0 Å². The molecule has 0 aromatic rings. The normalized spacial score (nSPS) is 31.5. The molecule has 0 radical (unpaired) electrons. The summed E-state index contributed by atoms with van der Waals surface area (Å²) < 4.78 is 0. The summed E-state index contributed by atoms with van der Waals surface area (Å²) in [5.41, 5.74) is 0. The van der Waals surface area contributed by atoms with Crippen LogP contribution in [0.4, 0.5) is 0 Å². The lowest BCUT2D eigenvalue weighted by molar-refractivity contribution is -0.126. The molecular weight excluding hydrogens is 150 g/mol. The molecule has 0 aliphatic carbocycles. The molecule has 70 valence electrons. The van der Waals surface area contributed by atoms with Gasteiger partial charge in [-0.25, -0.2) is 0 Å². The summed E-state index contributed by atoms with van der Waals surface area (Å²) in [6.45, 7) is 7.31. The van der Waals surface area contributed by atoms with Gasteiger partial charge < -0.3 is 5.32 Å². The highest BCUT2D eigenvalue weighted by atomic mass is 16.1. The second-order valence-corrected chi connectivity index (χ2v) is 4.28. The molecule has 0 aromatic heterocycles. The molecule has 1 amide bonds. The number of carbonyl (C=O) groups excluding carboxylic acids is 1. The first-order valence-electron chi connectivity index (χ1n) is 4.89. The molecule has 2 nitrogen and oxygen atoms in total. The minimum atomic E-state index is 0.245. The van der Waals surface area contributed by atoms with E-state index in [4.69, 9.17) is 0 Å². The van der Waals surface area contributed by atoms with Gasteiger partial charge in [0.15, 0.2) is 0 Å². The van der Waals surface area contributed by atoms with Crippen molar-refractivity contribution in [2.75, 3.05) is 6.54 Å². The molecule has 0 bridgehead atoms. The fourth-order valence-corrected chi connectivity index (χ4v) is 1.74. The van der Waals surface area contributed by atoms with Gasteiger partial charge in [-0.1, -0.05) is 20.8 Å².